The Bertz CT molecular complexity index is 281. The van der Waals surface area contributed by atoms with Gasteiger partial charge in [-0.15, -0.1) is 0 Å². The van der Waals surface area contributed by atoms with Crippen LogP contribution in [0.4, 0.5) is 0 Å². The fourth-order valence-corrected chi connectivity index (χ4v) is 2.47. The monoisotopic (exact) mass is 330 g/mol. The Hall–Kier alpha value is -0.160. The molecule has 4 nitrogen and oxygen atoms in total. The topological polar surface area (TPSA) is 42.5 Å². The van der Waals surface area contributed by atoms with Gasteiger partial charge in [0, 0.05) is 26.3 Å². The van der Waals surface area contributed by atoms with Gasteiger partial charge in [0.05, 0.1) is 11.7 Å². The highest BCUT2D eigenvalue weighted by Crippen LogP contribution is 2.20. The molecule has 0 aromatic heterocycles. The molecule has 23 heavy (non-hydrogen) atoms. The maximum atomic E-state index is 5.90. The second-order valence-corrected chi connectivity index (χ2v) is 8.02. The molecule has 0 aromatic carbocycles. The van der Waals surface area contributed by atoms with Crippen molar-refractivity contribution in [3.8, 4) is 0 Å². The lowest BCUT2D eigenvalue weighted by atomic mass is 9.88. The molecule has 4 heteroatoms. The molecular weight excluding hydrogens is 288 g/mol. The van der Waals surface area contributed by atoms with Crippen LogP contribution < -0.4 is 10.9 Å². The van der Waals surface area contributed by atoms with Crippen molar-refractivity contribution in [1.82, 2.24) is 10.9 Å². The van der Waals surface area contributed by atoms with Gasteiger partial charge in [-0.05, 0) is 51.9 Å². The Kier molecular flexibility index (Phi) is 12.2. The summed E-state index contributed by atoms with van der Waals surface area (Å²) in [5.74, 6) is 0. The Morgan fingerprint density at radius 3 is 2.22 bits per heavy atom. The van der Waals surface area contributed by atoms with Gasteiger partial charge in [-0.3, -0.25) is 10.9 Å². The molecule has 0 fully saturated rings. The minimum absolute atomic E-state index is 0.0829. The zero-order valence-corrected chi connectivity index (χ0v) is 16.8. The molecule has 1 unspecified atom stereocenters. The molecule has 0 bridgehead atoms. The minimum Gasteiger partial charge on any atom is -0.378 e. The summed E-state index contributed by atoms with van der Waals surface area (Å²) in [6.07, 6.45) is 5.77. The molecule has 2 N–H and O–H groups in total. The van der Waals surface area contributed by atoms with Gasteiger partial charge in [0.1, 0.15) is 0 Å². The third kappa shape index (κ3) is 13.9. The number of hydrogen-bond donors (Lipinski definition) is 2. The zero-order valence-electron chi connectivity index (χ0n) is 16.8. The third-order valence-electron chi connectivity index (χ3n) is 4.10. The molecule has 0 radical (unpaired) electrons. The van der Waals surface area contributed by atoms with Crippen molar-refractivity contribution in [2.45, 2.75) is 92.3 Å². The average Bonchev–Trinajstić information content (AvgIpc) is 2.44. The molecule has 1 atom stereocenters. The van der Waals surface area contributed by atoms with Crippen molar-refractivity contribution in [3.05, 3.63) is 0 Å². The van der Waals surface area contributed by atoms with Crippen LogP contribution >= 0.6 is 0 Å². The summed E-state index contributed by atoms with van der Waals surface area (Å²) in [5.41, 5.74) is 6.93. The standard InChI is InChI=1S/C19H42N2O2/c1-8-11-18(4,5)16-21-20-13-10-17(3)22-15-12-19(6,7)23-14-9-2/h17,20-21H,8-16H2,1-7H3. The second-order valence-electron chi connectivity index (χ2n) is 8.02. The number of rotatable bonds is 15. The van der Waals surface area contributed by atoms with Gasteiger partial charge in [-0.1, -0.05) is 34.1 Å². The number of hydrogen-bond acceptors (Lipinski definition) is 4. The van der Waals surface area contributed by atoms with Crippen molar-refractivity contribution in [1.29, 1.82) is 0 Å². The Morgan fingerprint density at radius 2 is 1.61 bits per heavy atom. The van der Waals surface area contributed by atoms with Crippen molar-refractivity contribution in [3.63, 3.8) is 0 Å². The highest BCUT2D eigenvalue weighted by atomic mass is 16.5. The van der Waals surface area contributed by atoms with E-state index in [1.807, 2.05) is 0 Å². The van der Waals surface area contributed by atoms with E-state index in [9.17, 15) is 0 Å². The summed E-state index contributed by atoms with van der Waals surface area (Å²) < 4.78 is 11.7. The largest absolute Gasteiger partial charge is 0.378 e. The lowest BCUT2D eigenvalue weighted by Crippen LogP contribution is -2.40. The Labute approximate surface area is 145 Å². The maximum absolute atomic E-state index is 5.90. The van der Waals surface area contributed by atoms with Gasteiger partial charge < -0.3 is 9.47 Å². The van der Waals surface area contributed by atoms with E-state index in [4.69, 9.17) is 9.47 Å². The summed E-state index contributed by atoms with van der Waals surface area (Å²) in [5, 5.41) is 0. The van der Waals surface area contributed by atoms with Crippen LogP contribution in [0, 0.1) is 5.41 Å². The van der Waals surface area contributed by atoms with E-state index in [0.717, 1.165) is 45.6 Å². The van der Waals surface area contributed by atoms with Crippen molar-refractivity contribution in [2.75, 3.05) is 26.3 Å². The molecular formula is C19H42N2O2. The molecule has 0 aliphatic carbocycles. The molecule has 0 aliphatic heterocycles. The first-order valence-electron chi connectivity index (χ1n) is 9.43. The SMILES string of the molecule is CCCOC(C)(C)CCOC(C)CCNNCC(C)(C)CCC. The fourth-order valence-electron chi connectivity index (χ4n) is 2.47. The van der Waals surface area contributed by atoms with E-state index in [0.29, 0.717) is 5.41 Å². The number of hydrazine groups is 1. The summed E-state index contributed by atoms with van der Waals surface area (Å²) in [6.45, 7) is 18.9. The predicted octanol–water partition coefficient (Wildman–Crippen LogP) is 4.30. The van der Waals surface area contributed by atoms with Crippen LogP contribution in [-0.4, -0.2) is 38.0 Å². The fraction of sp³-hybridized carbons (Fsp3) is 1.00. The van der Waals surface area contributed by atoms with E-state index in [-0.39, 0.29) is 11.7 Å². The molecule has 0 spiro atoms. The van der Waals surface area contributed by atoms with Gasteiger partial charge in [0.25, 0.3) is 0 Å². The maximum Gasteiger partial charge on any atom is 0.0648 e. The van der Waals surface area contributed by atoms with Gasteiger partial charge in [-0.25, -0.2) is 0 Å². The lowest BCUT2D eigenvalue weighted by molar-refractivity contribution is -0.0495. The van der Waals surface area contributed by atoms with Gasteiger partial charge >= 0.3 is 0 Å². The molecule has 0 saturated heterocycles. The van der Waals surface area contributed by atoms with Gasteiger partial charge in [0.2, 0.25) is 0 Å². The van der Waals surface area contributed by atoms with Crippen LogP contribution in [0.3, 0.4) is 0 Å². The summed E-state index contributed by atoms with van der Waals surface area (Å²) in [7, 11) is 0. The quantitative estimate of drug-likeness (QED) is 0.347. The van der Waals surface area contributed by atoms with Crippen LogP contribution in [0.1, 0.15) is 80.6 Å². The third-order valence-corrected chi connectivity index (χ3v) is 4.10. The normalized spacial score (nSPS) is 14.2. The number of ether oxygens (including phenoxy) is 2. The van der Waals surface area contributed by atoms with Crippen LogP contribution in [0.25, 0.3) is 0 Å². The first-order valence-corrected chi connectivity index (χ1v) is 9.43. The molecule has 140 valence electrons. The van der Waals surface area contributed by atoms with Crippen molar-refractivity contribution >= 4 is 0 Å². The van der Waals surface area contributed by atoms with E-state index in [1.54, 1.807) is 0 Å². The average molecular weight is 331 g/mol. The van der Waals surface area contributed by atoms with E-state index in [2.05, 4.69) is 59.3 Å². The molecule has 0 rings (SSSR count). The first kappa shape index (κ1) is 22.8. The van der Waals surface area contributed by atoms with Crippen LogP contribution in [-0.2, 0) is 9.47 Å². The molecule has 0 aliphatic rings. The van der Waals surface area contributed by atoms with E-state index in [1.165, 1.54) is 12.8 Å². The summed E-state index contributed by atoms with van der Waals surface area (Å²) in [6, 6.07) is 0. The van der Waals surface area contributed by atoms with Crippen LogP contribution in [0.2, 0.25) is 0 Å². The lowest BCUT2D eigenvalue weighted by Gasteiger charge is -2.26. The van der Waals surface area contributed by atoms with E-state index < -0.39 is 0 Å². The summed E-state index contributed by atoms with van der Waals surface area (Å²) >= 11 is 0. The smallest absolute Gasteiger partial charge is 0.0648 e. The Morgan fingerprint density at radius 1 is 0.913 bits per heavy atom. The second kappa shape index (κ2) is 12.2. The molecule has 0 saturated carbocycles. The predicted molar refractivity (Wildman–Crippen MR) is 99.7 cm³/mol. The summed E-state index contributed by atoms with van der Waals surface area (Å²) in [4.78, 5) is 0. The van der Waals surface area contributed by atoms with Crippen molar-refractivity contribution in [2.24, 2.45) is 5.41 Å². The van der Waals surface area contributed by atoms with Gasteiger partial charge in [-0.2, -0.15) is 0 Å². The Balaban J connectivity index is 3.63. The van der Waals surface area contributed by atoms with Crippen LogP contribution in [0.15, 0.2) is 0 Å². The van der Waals surface area contributed by atoms with Crippen LogP contribution in [0.5, 0.6) is 0 Å². The highest BCUT2D eigenvalue weighted by Gasteiger charge is 2.18. The molecule has 0 amide bonds. The first-order chi connectivity index (χ1) is 10.7. The molecule has 0 heterocycles. The zero-order chi connectivity index (χ0) is 17.8. The van der Waals surface area contributed by atoms with Crippen molar-refractivity contribution < 1.29 is 9.47 Å². The van der Waals surface area contributed by atoms with Gasteiger partial charge in [0.15, 0.2) is 0 Å². The molecule has 0 aromatic rings. The van der Waals surface area contributed by atoms with E-state index >= 15 is 0 Å². The highest BCUT2D eigenvalue weighted by molar-refractivity contribution is 4.70. The number of nitrogens with one attached hydrogen (secondary N) is 2. The minimum atomic E-state index is -0.0829.